The molecule has 0 amide bonds. The largest absolute Gasteiger partial charge is 0.408 e. The van der Waals surface area contributed by atoms with E-state index in [1.807, 2.05) is 0 Å². The number of fused-ring (bicyclic) bond motifs is 1. The predicted molar refractivity (Wildman–Crippen MR) is 76.8 cm³/mol. The first kappa shape index (κ1) is 11.9. The van der Waals surface area contributed by atoms with Crippen molar-refractivity contribution in [3.05, 3.63) is 41.3 Å². The molecular weight excluding hydrogens is 250 g/mol. The smallest absolute Gasteiger partial charge is 0.315 e. The average molecular weight is 269 g/mol. The molecule has 1 unspecified atom stereocenters. The van der Waals surface area contributed by atoms with Crippen molar-refractivity contribution in [1.82, 2.24) is 10.2 Å². The van der Waals surface area contributed by atoms with Crippen LogP contribution < -0.4 is 5.32 Å². The van der Waals surface area contributed by atoms with E-state index in [9.17, 15) is 0 Å². The molecule has 4 rings (SSSR count). The van der Waals surface area contributed by atoms with E-state index in [-0.39, 0.29) is 0 Å². The van der Waals surface area contributed by atoms with Crippen molar-refractivity contribution in [2.45, 2.75) is 50.5 Å². The number of aryl methyl sites for hydroxylation is 1. The van der Waals surface area contributed by atoms with Crippen LogP contribution >= 0.6 is 0 Å². The molecule has 2 aliphatic carbocycles. The minimum atomic E-state index is 0.402. The van der Waals surface area contributed by atoms with Gasteiger partial charge in [-0.05, 0) is 43.2 Å². The molecule has 1 atom stereocenters. The molecule has 2 aliphatic rings. The van der Waals surface area contributed by atoms with Crippen molar-refractivity contribution < 1.29 is 4.42 Å². The number of nitrogens with zero attached hydrogens (tertiary/aromatic N) is 2. The highest BCUT2D eigenvalue weighted by Gasteiger charge is 2.26. The maximum Gasteiger partial charge on any atom is 0.315 e. The number of hydrogen-bond donors (Lipinski definition) is 1. The van der Waals surface area contributed by atoms with Gasteiger partial charge in [0.15, 0.2) is 0 Å². The Morgan fingerprint density at radius 2 is 1.90 bits per heavy atom. The van der Waals surface area contributed by atoms with Gasteiger partial charge in [-0.2, -0.15) is 0 Å². The van der Waals surface area contributed by atoms with Gasteiger partial charge >= 0.3 is 6.01 Å². The summed E-state index contributed by atoms with van der Waals surface area (Å²) in [5.41, 5.74) is 2.92. The van der Waals surface area contributed by atoms with Gasteiger partial charge < -0.3 is 9.73 Å². The van der Waals surface area contributed by atoms with Crippen LogP contribution in [0.3, 0.4) is 0 Å². The summed E-state index contributed by atoms with van der Waals surface area (Å²) in [5, 5.41) is 11.7. The van der Waals surface area contributed by atoms with E-state index in [4.69, 9.17) is 4.42 Å². The van der Waals surface area contributed by atoms with Crippen LogP contribution in [0.2, 0.25) is 0 Å². The number of anilines is 1. The summed E-state index contributed by atoms with van der Waals surface area (Å²) in [4.78, 5) is 0. The van der Waals surface area contributed by atoms with Crippen molar-refractivity contribution >= 4 is 6.01 Å². The Labute approximate surface area is 118 Å². The van der Waals surface area contributed by atoms with Gasteiger partial charge in [0.2, 0.25) is 5.89 Å². The highest BCUT2D eigenvalue weighted by Crippen LogP contribution is 2.36. The van der Waals surface area contributed by atoms with Crippen LogP contribution in [0.1, 0.15) is 48.6 Å². The maximum absolute atomic E-state index is 5.74. The second-order valence-corrected chi connectivity index (χ2v) is 5.93. The zero-order chi connectivity index (χ0) is 13.4. The van der Waals surface area contributed by atoms with E-state index in [2.05, 4.69) is 39.8 Å². The first-order valence-electron chi connectivity index (χ1n) is 7.55. The highest BCUT2D eigenvalue weighted by molar-refractivity contribution is 5.33. The molecule has 1 N–H and O–H groups in total. The predicted octanol–water partition coefficient (Wildman–Crippen LogP) is 3.31. The van der Waals surface area contributed by atoms with Gasteiger partial charge in [-0.25, -0.2) is 0 Å². The SMILES string of the molecule is c1ccc2c(c1)CCC(Nc1nnc(C3CCC3)o1)C2. The Bertz CT molecular complexity index is 603. The fraction of sp³-hybridized carbons (Fsp3) is 0.500. The van der Waals surface area contributed by atoms with Crippen molar-refractivity contribution in [3.8, 4) is 0 Å². The number of hydrogen-bond acceptors (Lipinski definition) is 4. The van der Waals surface area contributed by atoms with Crippen LogP contribution in [-0.2, 0) is 12.8 Å². The lowest BCUT2D eigenvalue weighted by molar-refractivity contribution is 0.337. The summed E-state index contributed by atoms with van der Waals surface area (Å²) >= 11 is 0. The van der Waals surface area contributed by atoms with Crippen LogP contribution in [0.5, 0.6) is 0 Å². The highest BCUT2D eigenvalue weighted by atomic mass is 16.4. The van der Waals surface area contributed by atoms with Crippen LogP contribution in [-0.4, -0.2) is 16.2 Å². The first-order valence-corrected chi connectivity index (χ1v) is 7.55. The lowest BCUT2D eigenvalue weighted by atomic mass is 9.85. The Morgan fingerprint density at radius 1 is 1.05 bits per heavy atom. The Hall–Kier alpha value is -1.84. The number of aromatic nitrogens is 2. The van der Waals surface area contributed by atoms with E-state index >= 15 is 0 Å². The summed E-state index contributed by atoms with van der Waals surface area (Å²) < 4.78 is 5.74. The molecule has 1 saturated carbocycles. The molecule has 1 heterocycles. The summed E-state index contributed by atoms with van der Waals surface area (Å²) in [6, 6.07) is 9.68. The Balaban J connectivity index is 1.43. The molecule has 1 aromatic carbocycles. The van der Waals surface area contributed by atoms with Crippen molar-refractivity contribution in [2.75, 3.05) is 5.32 Å². The molecule has 104 valence electrons. The lowest BCUT2D eigenvalue weighted by Gasteiger charge is -2.24. The van der Waals surface area contributed by atoms with E-state index in [1.54, 1.807) is 0 Å². The molecule has 0 radical (unpaired) electrons. The average Bonchev–Trinajstić information content (AvgIpc) is 2.85. The van der Waals surface area contributed by atoms with Crippen molar-refractivity contribution in [3.63, 3.8) is 0 Å². The normalized spacial score (nSPS) is 22.1. The van der Waals surface area contributed by atoms with E-state index in [0.717, 1.165) is 25.2 Å². The van der Waals surface area contributed by atoms with Gasteiger partial charge in [-0.1, -0.05) is 35.8 Å². The van der Waals surface area contributed by atoms with Crippen LogP contribution in [0.25, 0.3) is 0 Å². The van der Waals surface area contributed by atoms with E-state index in [1.165, 1.54) is 30.4 Å². The molecule has 2 aromatic rings. The summed E-state index contributed by atoms with van der Waals surface area (Å²) in [6.07, 6.45) is 6.96. The summed E-state index contributed by atoms with van der Waals surface area (Å²) in [7, 11) is 0. The van der Waals surface area contributed by atoms with Crippen LogP contribution in [0.15, 0.2) is 28.7 Å². The van der Waals surface area contributed by atoms with E-state index < -0.39 is 0 Å². The first-order chi connectivity index (χ1) is 9.88. The maximum atomic E-state index is 5.74. The third-order valence-corrected chi connectivity index (χ3v) is 4.57. The van der Waals surface area contributed by atoms with Crippen LogP contribution in [0.4, 0.5) is 6.01 Å². The third kappa shape index (κ3) is 2.19. The quantitative estimate of drug-likeness (QED) is 0.928. The van der Waals surface area contributed by atoms with Crippen molar-refractivity contribution in [1.29, 1.82) is 0 Å². The number of nitrogens with one attached hydrogen (secondary N) is 1. The minimum Gasteiger partial charge on any atom is -0.408 e. The fourth-order valence-corrected chi connectivity index (χ4v) is 3.11. The van der Waals surface area contributed by atoms with Gasteiger partial charge in [-0.15, -0.1) is 5.10 Å². The molecule has 4 heteroatoms. The molecule has 1 aromatic heterocycles. The number of rotatable bonds is 3. The minimum absolute atomic E-state index is 0.402. The molecule has 0 spiro atoms. The zero-order valence-electron chi connectivity index (χ0n) is 11.5. The fourth-order valence-electron chi connectivity index (χ4n) is 3.11. The van der Waals surface area contributed by atoms with Crippen LogP contribution in [0, 0.1) is 0 Å². The van der Waals surface area contributed by atoms with Gasteiger partial charge in [0, 0.05) is 12.0 Å². The van der Waals surface area contributed by atoms with Gasteiger partial charge in [0.1, 0.15) is 0 Å². The molecule has 4 nitrogen and oxygen atoms in total. The Morgan fingerprint density at radius 3 is 2.70 bits per heavy atom. The van der Waals surface area contributed by atoms with Gasteiger partial charge in [0.25, 0.3) is 0 Å². The second-order valence-electron chi connectivity index (χ2n) is 5.93. The second kappa shape index (κ2) is 4.93. The third-order valence-electron chi connectivity index (χ3n) is 4.57. The molecule has 0 saturated heterocycles. The Kier molecular flexibility index (Phi) is 2.94. The molecule has 0 bridgehead atoms. The molecule has 0 aliphatic heterocycles. The van der Waals surface area contributed by atoms with Gasteiger partial charge in [-0.3, -0.25) is 0 Å². The molecular formula is C16H19N3O. The zero-order valence-corrected chi connectivity index (χ0v) is 11.5. The summed E-state index contributed by atoms with van der Waals surface area (Å²) in [5.74, 6) is 1.32. The standard InChI is InChI=1S/C16H19N3O/c1-2-5-13-10-14(9-8-11(13)4-1)17-16-19-18-15(20-16)12-6-3-7-12/h1-2,4-5,12,14H,3,6-10H2,(H,17,19). The van der Waals surface area contributed by atoms with E-state index in [0.29, 0.717) is 18.0 Å². The molecule has 1 fully saturated rings. The van der Waals surface area contributed by atoms with Crippen molar-refractivity contribution in [2.24, 2.45) is 0 Å². The molecule has 20 heavy (non-hydrogen) atoms. The topological polar surface area (TPSA) is 51.0 Å². The number of benzene rings is 1. The summed E-state index contributed by atoms with van der Waals surface area (Å²) in [6.45, 7) is 0. The van der Waals surface area contributed by atoms with Gasteiger partial charge in [0.05, 0.1) is 0 Å². The lowest BCUT2D eigenvalue weighted by Crippen LogP contribution is -2.27. The monoisotopic (exact) mass is 269 g/mol.